The molecule has 0 unspecified atom stereocenters. The summed E-state index contributed by atoms with van der Waals surface area (Å²) in [4.78, 5) is 37.3. The number of carbonyl (C=O) groups is 3. The maximum atomic E-state index is 12.9. The third-order valence-corrected chi connectivity index (χ3v) is 3.30. The molecule has 1 aliphatic heterocycles. The first-order valence-electron chi connectivity index (χ1n) is 6.78. The highest BCUT2D eigenvalue weighted by atomic mass is 19.1. The number of carbonyl (C=O) groups excluding carboxylic acids is 3. The van der Waals surface area contributed by atoms with Crippen molar-refractivity contribution in [3.8, 4) is 0 Å². The number of barbiturate groups is 1. The number of hydrogen-bond acceptors (Lipinski definition) is 3. The van der Waals surface area contributed by atoms with Gasteiger partial charge >= 0.3 is 6.03 Å². The Morgan fingerprint density at radius 2 is 1.57 bits per heavy atom. The number of para-hydroxylation sites is 1. The number of amides is 4. The van der Waals surface area contributed by atoms with Gasteiger partial charge in [0.25, 0.3) is 11.8 Å². The summed E-state index contributed by atoms with van der Waals surface area (Å²) in [6, 6.07) is 12.8. The van der Waals surface area contributed by atoms with E-state index in [-0.39, 0.29) is 5.57 Å². The number of hydrogen-bond donors (Lipinski definition) is 1. The van der Waals surface area contributed by atoms with Crippen LogP contribution in [0.5, 0.6) is 0 Å². The molecule has 3 rings (SSSR count). The lowest BCUT2D eigenvalue weighted by molar-refractivity contribution is -0.122. The molecular formula is C17H11FN2O3. The first-order valence-corrected chi connectivity index (χ1v) is 6.78. The Kier molecular flexibility index (Phi) is 3.72. The van der Waals surface area contributed by atoms with Crippen LogP contribution in [0.1, 0.15) is 5.56 Å². The fourth-order valence-electron chi connectivity index (χ4n) is 2.19. The molecule has 6 heteroatoms. The summed E-state index contributed by atoms with van der Waals surface area (Å²) >= 11 is 0. The Bertz CT molecular complexity index is 813. The maximum absolute atomic E-state index is 12.9. The van der Waals surface area contributed by atoms with E-state index in [9.17, 15) is 18.8 Å². The van der Waals surface area contributed by atoms with Crippen LogP contribution in [0.3, 0.4) is 0 Å². The molecule has 114 valence electrons. The van der Waals surface area contributed by atoms with Crippen molar-refractivity contribution in [1.82, 2.24) is 5.32 Å². The van der Waals surface area contributed by atoms with Gasteiger partial charge in [0.05, 0.1) is 5.69 Å². The highest BCUT2D eigenvalue weighted by Gasteiger charge is 2.36. The van der Waals surface area contributed by atoms with Gasteiger partial charge in [-0.05, 0) is 35.9 Å². The molecule has 0 atom stereocenters. The van der Waals surface area contributed by atoms with Gasteiger partial charge < -0.3 is 0 Å². The second-order valence-electron chi connectivity index (χ2n) is 4.84. The average Bonchev–Trinajstić information content (AvgIpc) is 2.54. The minimum Gasteiger partial charge on any atom is -0.273 e. The normalized spacial score (nSPS) is 16.7. The van der Waals surface area contributed by atoms with E-state index in [1.54, 1.807) is 30.3 Å². The Balaban J connectivity index is 2.00. The number of rotatable bonds is 2. The van der Waals surface area contributed by atoms with Crippen molar-refractivity contribution in [2.45, 2.75) is 0 Å². The van der Waals surface area contributed by atoms with E-state index in [4.69, 9.17) is 0 Å². The van der Waals surface area contributed by atoms with Crippen molar-refractivity contribution in [3.05, 3.63) is 71.6 Å². The second-order valence-corrected chi connectivity index (χ2v) is 4.84. The molecule has 4 amide bonds. The number of urea groups is 1. The molecule has 2 aromatic rings. The summed E-state index contributed by atoms with van der Waals surface area (Å²) in [5.74, 6) is -1.93. The molecule has 0 aliphatic carbocycles. The van der Waals surface area contributed by atoms with Gasteiger partial charge in [-0.15, -0.1) is 0 Å². The Morgan fingerprint density at radius 1 is 0.913 bits per heavy atom. The van der Waals surface area contributed by atoms with Gasteiger partial charge in [-0.3, -0.25) is 14.9 Å². The number of anilines is 1. The van der Waals surface area contributed by atoms with Gasteiger partial charge in [0.1, 0.15) is 11.4 Å². The number of imide groups is 2. The number of nitrogens with zero attached hydrogens (tertiary/aromatic N) is 1. The molecule has 1 aliphatic rings. The quantitative estimate of drug-likeness (QED) is 0.684. The highest BCUT2D eigenvalue weighted by Crippen LogP contribution is 2.21. The van der Waals surface area contributed by atoms with Gasteiger partial charge in [-0.25, -0.2) is 14.1 Å². The second kappa shape index (κ2) is 5.84. The van der Waals surface area contributed by atoms with Crippen LogP contribution in [-0.2, 0) is 9.59 Å². The van der Waals surface area contributed by atoms with Crippen molar-refractivity contribution in [3.63, 3.8) is 0 Å². The molecule has 5 nitrogen and oxygen atoms in total. The number of halogens is 1. The SMILES string of the molecule is O=C1NC(=O)N(c2ccccc2)C(=O)/C1=C\c1ccc(F)cc1. The molecule has 0 spiro atoms. The van der Waals surface area contributed by atoms with Crippen LogP contribution in [0.2, 0.25) is 0 Å². The van der Waals surface area contributed by atoms with Crippen molar-refractivity contribution in [2.75, 3.05) is 4.90 Å². The molecule has 1 fully saturated rings. The molecule has 1 heterocycles. The van der Waals surface area contributed by atoms with Crippen molar-refractivity contribution in [1.29, 1.82) is 0 Å². The zero-order valence-corrected chi connectivity index (χ0v) is 11.8. The fraction of sp³-hybridized carbons (Fsp3) is 0. The molecular weight excluding hydrogens is 299 g/mol. The smallest absolute Gasteiger partial charge is 0.273 e. The van der Waals surface area contributed by atoms with E-state index in [2.05, 4.69) is 5.32 Å². The summed E-state index contributed by atoms with van der Waals surface area (Å²) in [5.41, 5.74) is 0.639. The van der Waals surface area contributed by atoms with E-state index < -0.39 is 23.7 Å². The summed E-state index contributed by atoms with van der Waals surface area (Å²) < 4.78 is 12.9. The Morgan fingerprint density at radius 3 is 2.22 bits per heavy atom. The van der Waals surface area contributed by atoms with Crippen LogP contribution in [0.25, 0.3) is 6.08 Å². The van der Waals surface area contributed by atoms with Crippen LogP contribution >= 0.6 is 0 Å². The van der Waals surface area contributed by atoms with Crippen LogP contribution < -0.4 is 10.2 Å². The van der Waals surface area contributed by atoms with Crippen LogP contribution in [0.4, 0.5) is 14.9 Å². The molecule has 0 saturated carbocycles. The number of benzene rings is 2. The minimum absolute atomic E-state index is 0.194. The average molecular weight is 310 g/mol. The standard InChI is InChI=1S/C17H11FN2O3/c18-12-8-6-11(7-9-12)10-14-15(21)19-17(23)20(16(14)22)13-4-2-1-3-5-13/h1-10H,(H,19,21,23)/b14-10-. The first-order chi connectivity index (χ1) is 11.1. The highest BCUT2D eigenvalue weighted by molar-refractivity contribution is 6.39. The predicted molar refractivity (Wildman–Crippen MR) is 81.8 cm³/mol. The van der Waals surface area contributed by atoms with Crippen molar-refractivity contribution < 1.29 is 18.8 Å². The summed E-state index contributed by atoms with van der Waals surface area (Å²) in [6.45, 7) is 0. The maximum Gasteiger partial charge on any atom is 0.335 e. The van der Waals surface area contributed by atoms with Gasteiger partial charge in [0, 0.05) is 0 Å². The van der Waals surface area contributed by atoms with Crippen LogP contribution in [-0.4, -0.2) is 17.8 Å². The van der Waals surface area contributed by atoms with Crippen molar-refractivity contribution >= 4 is 29.6 Å². The lowest BCUT2D eigenvalue weighted by Gasteiger charge is -2.26. The topological polar surface area (TPSA) is 66.5 Å². The van der Waals surface area contributed by atoms with Crippen LogP contribution in [0.15, 0.2) is 60.2 Å². The third kappa shape index (κ3) is 2.87. The minimum atomic E-state index is -0.803. The van der Waals surface area contributed by atoms with Crippen molar-refractivity contribution in [2.24, 2.45) is 0 Å². The number of nitrogens with one attached hydrogen (secondary N) is 1. The van der Waals surface area contributed by atoms with Gasteiger partial charge in [0.2, 0.25) is 0 Å². The predicted octanol–water partition coefficient (Wildman–Crippen LogP) is 2.49. The van der Waals surface area contributed by atoms with E-state index in [1.165, 1.54) is 30.3 Å². The molecule has 0 bridgehead atoms. The van der Waals surface area contributed by atoms with Gasteiger partial charge in [0.15, 0.2) is 0 Å². The zero-order valence-electron chi connectivity index (χ0n) is 11.8. The van der Waals surface area contributed by atoms with Gasteiger partial charge in [-0.2, -0.15) is 0 Å². The molecule has 23 heavy (non-hydrogen) atoms. The fourth-order valence-corrected chi connectivity index (χ4v) is 2.19. The first kappa shape index (κ1) is 14.6. The van der Waals surface area contributed by atoms with E-state index in [1.807, 2.05) is 0 Å². The van der Waals surface area contributed by atoms with E-state index in [0.717, 1.165) is 4.90 Å². The Labute approximate surface area is 131 Å². The third-order valence-electron chi connectivity index (χ3n) is 3.30. The lowest BCUT2D eigenvalue weighted by atomic mass is 10.1. The summed E-state index contributed by atoms with van der Waals surface area (Å²) in [7, 11) is 0. The van der Waals surface area contributed by atoms with E-state index in [0.29, 0.717) is 11.3 Å². The zero-order chi connectivity index (χ0) is 16.4. The molecule has 1 N–H and O–H groups in total. The lowest BCUT2D eigenvalue weighted by Crippen LogP contribution is -2.54. The van der Waals surface area contributed by atoms with Crippen LogP contribution in [0, 0.1) is 5.82 Å². The Hall–Kier alpha value is -3.28. The largest absolute Gasteiger partial charge is 0.335 e. The molecule has 2 aromatic carbocycles. The molecule has 0 radical (unpaired) electrons. The monoisotopic (exact) mass is 310 g/mol. The van der Waals surface area contributed by atoms with Gasteiger partial charge in [-0.1, -0.05) is 30.3 Å². The summed E-state index contributed by atoms with van der Waals surface area (Å²) in [5, 5.41) is 2.12. The molecule has 0 aromatic heterocycles. The molecule has 1 saturated heterocycles. The summed E-state index contributed by atoms with van der Waals surface area (Å²) in [6.07, 6.45) is 1.32. The van der Waals surface area contributed by atoms with E-state index >= 15 is 0 Å².